The van der Waals surface area contributed by atoms with Crippen molar-refractivity contribution in [3.63, 3.8) is 0 Å². The molecule has 110 valence electrons. The normalized spacial score (nSPS) is 16.2. The van der Waals surface area contributed by atoms with Crippen LogP contribution < -0.4 is 4.74 Å². The van der Waals surface area contributed by atoms with Crippen molar-refractivity contribution in [1.29, 1.82) is 0 Å². The minimum absolute atomic E-state index is 0.227. The van der Waals surface area contributed by atoms with Gasteiger partial charge in [-0.3, -0.25) is 4.79 Å². The van der Waals surface area contributed by atoms with E-state index < -0.39 is 0 Å². The standard InChI is InChI=1S/C16H24N2O2/c1-4-17-7-9-18(10-8-17)16(19)12-14-5-6-15(20-3)13(2)11-14/h5-6,11H,4,7-10,12H2,1-3H3. The lowest BCUT2D eigenvalue weighted by Gasteiger charge is -2.34. The van der Waals surface area contributed by atoms with Gasteiger partial charge in [-0.05, 0) is 30.7 Å². The number of methoxy groups -OCH3 is 1. The lowest BCUT2D eigenvalue weighted by molar-refractivity contribution is -0.132. The second-order valence-corrected chi connectivity index (χ2v) is 5.30. The Bertz CT molecular complexity index is 466. The Kier molecular flexibility index (Phi) is 5.01. The van der Waals surface area contributed by atoms with Crippen LogP contribution in [0.2, 0.25) is 0 Å². The van der Waals surface area contributed by atoms with E-state index in [1.54, 1.807) is 7.11 Å². The molecule has 1 fully saturated rings. The van der Waals surface area contributed by atoms with Crippen molar-refractivity contribution in [3.05, 3.63) is 29.3 Å². The van der Waals surface area contributed by atoms with E-state index in [1.807, 2.05) is 30.0 Å². The van der Waals surface area contributed by atoms with Crippen LogP contribution in [-0.4, -0.2) is 55.5 Å². The number of amides is 1. The van der Waals surface area contributed by atoms with Crippen molar-refractivity contribution in [1.82, 2.24) is 9.80 Å². The van der Waals surface area contributed by atoms with Crippen LogP contribution in [0.1, 0.15) is 18.1 Å². The topological polar surface area (TPSA) is 32.8 Å². The van der Waals surface area contributed by atoms with E-state index in [-0.39, 0.29) is 5.91 Å². The first-order chi connectivity index (χ1) is 9.63. The number of ether oxygens (including phenoxy) is 1. The zero-order valence-corrected chi connectivity index (χ0v) is 12.7. The summed E-state index contributed by atoms with van der Waals surface area (Å²) in [6.45, 7) is 8.92. The van der Waals surface area contributed by atoms with Gasteiger partial charge in [0.1, 0.15) is 5.75 Å². The highest BCUT2D eigenvalue weighted by Gasteiger charge is 2.20. The smallest absolute Gasteiger partial charge is 0.227 e. The molecule has 0 N–H and O–H groups in total. The van der Waals surface area contributed by atoms with Crippen LogP contribution in [0.5, 0.6) is 5.75 Å². The third-order valence-corrected chi connectivity index (χ3v) is 3.99. The molecule has 4 heteroatoms. The lowest BCUT2D eigenvalue weighted by Crippen LogP contribution is -2.48. The summed E-state index contributed by atoms with van der Waals surface area (Å²) in [5, 5.41) is 0. The Morgan fingerprint density at radius 3 is 2.50 bits per heavy atom. The molecule has 0 radical (unpaired) electrons. The summed E-state index contributed by atoms with van der Waals surface area (Å²) < 4.78 is 5.24. The number of hydrogen-bond donors (Lipinski definition) is 0. The molecule has 1 aromatic rings. The summed E-state index contributed by atoms with van der Waals surface area (Å²) in [6.07, 6.45) is 0.483. The largest absolute Gasteiger partial charge is 0.496 e. The fraction of sp³-hybridized carbons (Fsp3) is 0.562. The van der Waals surface area contributed by atoms with Crippen LogP contribution in [0.15, 0.2) is 18.2 Å². The molecule has 0 bridgehead atoms. The molecular weight excluding hydrogens is 252 g/mol. The summed E-state index contributed by atoms with van der Waals surface area (Å²) in [5.74, 6) is 1.10. The predicted molar refractivity (Wildman–Crippen MR) is 80.1 cm³/mol. The lowest BCUT2D eigenvalue weighted by atomic mass is 10.1. The number of carbonyl (C=O) groups is 1. The fourth-order valence-electron chi connectivity index (χ4n) is 2.65. The Morgan fingerprint density at radius 2 is 1.95 bits per heavy atom. The number of likely N-dealkylation sites (N-methyl/N-ethyl adjacent to an activating group) is 1. The number of carbonyl (C=O) groups excluding carboxylic acids is 1. The van der Waals surface area contributed by atoms with Gasteiger partial charge in [0.25, 0.3) is 0 Å². The highest BCUT2D eigenvalue weighted by molar-refractivity contribution is 5.79. The molecule has 20 heavy (non-hydrogen) atoms. The molecule has 0 aromatic heterocycles. The SMILES string of the molecule is CCN1CCN(C(=O)Cc2ccc(OC)c(C)c2)CC1. The van der Waals surface area contributed by atoms with Crippen molar-refractivity contribution in [2.75, 3.05) is 39.8 Å². The second-order valence-electron chi connectivity index (χ2n) is 5.30. The van der Waals surface area contributed by atoms with Gasteiger partial charge < -0.3 is 14.5 Å². The molecule has 0 aliphatic carbocycles. The van der Waals surface area contributed by atoms with Gasteiger partial charge >= 0.3 is 0 Å². The Hall–Kier alpha value is -1.55. The quantitative estimate of drug-likeness (QED) is 0.839. The Labute approximate surface area is 121 Å². The molecule has 2 rings (SSSR count). The zero-order chi connectivity index (χ0) is 14.5. The van der Waals surface area contributed by atoms with Crippen LogP contribution in [0.25, 0.3) is 0 Å². The van der Waals surface area contributed by atoms with Crippen molar-refractivity contribution in [2.24, 2.45) is 0 Å². The zero-order valence-electron chi connectivity index (χ0n) is 12.7. The molecule has 1 amide bonds. The maximum absolute atomic E-state index is 12.3. The van der Waals surface area contributed by atoms with Gasteiger partial charge in [0.05, 0.1) is 13.5 Å². The van der Waals surface area contributed by atoms with Crippen molar-refractivity contribution in [3.8, 4) is 5.75 Å². The van der Waals surface area contributed by atoms with Gasteiger partial charge in [-0.2, -0.15) is 0 Å². The third-order valence-electron chi connectivity index (χ3n) is 3.99. The van der Waals surface area contributed by atoms with Crippen molar-refractivity contribution >= 4 is 5.91 Å². The van der Waals surface area contributed by atoms with Crippen LogP contribution in [-0.2, 0) is 11.2 Å². The first-order valence-corrected chi connectivity index (χ1v) is 7.27. The van der Waals surface area contributed by atoms with Gasteiger partial charge in [-0.1, -0.05) is 19.1 Å². The van der Waals surface area contributed by atoms with Gasteiger partial charge in [0.15, 0.2) is 0 Å². The molecule has 1 aliphatic heterocycles. The average Bonchev–Trinajstić information content (AvgIpc) is 2.47. The van der Waals surface area contributed by atoms with Crippen molar-refractivity contribution < 1.29 is 9.53 Å². The molecule has 1 aliphatic rings. The average molecular weight is 276 g/mol. The van der Waals surface area contributed by atoms with E-state index in [4.69, 9.17) is 4.74 Å². The van der Waals surface area contributed by atoms with E-state index >= 15 is 0 Å². The van der Waals surface area contributed by atoms with Gasteiger partial charge in [-0.25, -0.2) is 0 Å². The van der Waals surface area contributed by atoms with Crippen LogP contribution >= 0.6 is 0 Å². The van der Waals surface area contributed by atoms with E-state index in [0.29, 0.717) is 6.42 Å². The third kappa shape index (κ3) is 3.51. The minimum Gasteiger partial charge on any atom is -0.496 e. The molecule has 1 heterocycles. The fourth-order valence-corrected chi connectivity index (χ4v) is 2.65. The number of hydrogen-bond acceptors (Lipinski definition) is 3. The number of rotatable bonds is 4. The highest BCUT2D eigenvalue weighted by Crippen LogP contribution is 2.19. The summed E-state index contributed by atoms with van der Waals surface area (Å²) in [7, 11) is 1.67. The first kappa shape index (κ1) is 14.9. The molecule has 0 spiro atoms. The summed E-state index contributed by atoms with van der Waals surface area (Å²) in [4.78, 5) is 16.7. The minimum atomic E-state index is 0.227. The van der Waals surface area contributed by atoms with E-state index in [1.165, 1.54) is 0 Å². The first-order valence-electron chi connectivity index (χ1n) is 7.27. The Balaban J connectivity index is 1.93. The number of benzene rings is 1. The summed E-state index contributed by atoms with van der Waals surface area (Å²) >= 11 is 0. The molecule has 1 saturated heterocycles. The maximum atomic E-state index is 12.3. The van der Waals surface area contributed by atoms with E-state index in [0.717, 1.165) is 49.6 Å². The van der Waals surface area contributed by atoms with Gasteiger partial charge in [-0.15, -0.1) is 0 Å². The number of piperazine rings is 1. The monoisotopic (exact) mass is 276 g/mol. The molecule has 0 unspecified atom stereocenters. The Morgan fingerprint density at radius 1 is 1.25 bits per heavy atom. The maximum Gasteiger partial charge on any atom is 0.227 e. The van der Waals surface area contributed by atoms with Crippen molar-refractivity contribution in [2.45, 2.75) is 20.3 Å². The number of nitrogens with zero attached hydrogens (tertiary/aromatic N) is 2. The van der Waals surface area contributed by atoms with Gasteiger partial charge in [0.2, 0.25) is 5.91 Å². The van der Waals surface area contributed by atoms with Gasteiger partial charge in [0, 0.05) is 26.2 Å². The highest BCUT2D eigenvalue weighted by atomic mass is 16.5. The molecule has 4 nitrogen and oxygen atoms in total. The van der Waals surface area contributed by atoms with E-state index in [2.05, 4.69) is 11.8 Å². The summed E-state index contributed by atoms with van der Waals surface area (Å²) in [6, 6.07) is 5.96. The molecule has 0 saturated carbocycles. The summed E-state index contributed by atoms with van der Waals surface area (Å²) in [5.41, 5.74) is 2.14. The number of aryl methyl sites for hydroxylation is 1. The predicted octanol–water partition coefficient (Wildman–Crippen LogP) is 1.71. The van der Waals surface area contributed by atoms with Crippen LogP contribution in [0.4, 0.5) is 0 Å². The second kappa shape index (κ2) is 6.75. The molecule has 1 aromatic carbocycles. The van der Waals surface area contributed by atoms with E-state index in [9.17, 15) is 4.79 Å². The molecular formula is C16H24N2O2. The van der Waals surface area contributed by atoms with Crippen LogP contribution in [0, 0.1) is 6.92 Å². The molecule has 0 atom stereocenters. The van der Waals surface area contributed by atoms with Crippen LogP contribution in [0.3, 0.4) is 0 Å².